The number of hydrogen-bond donors (Lipinski definition) is 0. The van der Waals surface area contributed by atoms with Crippen LogP contribution in [0.15, 0.2) is 18.2 Å². The standard InChI is InChI=1S/C21H24O8/c1-23-14-8-7-11(9-15(14)24-2)16-13(22)10-12-17(25-3)19(26-4)21(28-6)20(27-5)18(12)29-16/h7-9,16H,10H2,1-6H3. The van der Waals surface area contributed by atoms with E-state index in [1.54, 1.807) is 25.3 Å². The third-order valence-electron chi connectivity index (χ3n) is 4.78. The van der Waals surface area contributed by atoms with Crippen LogP contribution in [0, 0.1) is 0 Å². The second-order valence-corrected chi connectivity index (χ2v) is 6.20. The molecule has 1 unspecified atom stereocenters. The fraction of sp³-hybridized carbons (Fsp3) is 0.381. The number of fused-ring (bicyclic) bond motifs is 1. The Balaban J connectivity index is 2.15. The third-order valence-corrected chi connectivity index (χ3v) is 4.78. The van der Waals surface area contributed by atoms with Gasteiger partial charge in [0.1, 0.15) is 0 Å². The zero-order chi connectivity index (χ0) is 21.1. The normalized spacial score (nSPS) is 15.1. The number of carbonyl (C=O) groups excluding carboxylic acids is 1. The lowest BCUT2D eigenvalue weighted by atomic mass is 9.94. The van der Waals surface area contributed by atoms with Crippen molar-refractivity contribution in [3.8, 4) is 40.2 Å². The monoisotopic (exact) mass is 404 g/mol. The number of benzene rings is 2. The van der Waals surface area contributed by atoms with Crippen molar-refractivity contribution in [1.82, 2.24) is 0 Å². The van der Waals surface area contributed by atoms with Gasteiger partial charge in [0.05, 0.1) is 48.2 Å². The van der Waals surface area contributed by atoms with Gasteiger partial charge in [0, 0.05) is 12.0 Å². The number of hydrogen-bond acceptors (Lipinski definition) is 8. The summed E-state index contributed by atoms with van der Waals surface area (Å²) in [6.07, 6.45) is -0.771. The van der Waals surface area contributed by atoms with Gasteiger partial charge in [-0.25, -0.2) is 0 Å². The van der Waals surface area contributed by atoms with Crippen LogP contribution in [0.2, 0.25) is 0 Å². The Morgan fingerprint density at radius 3 is 1.90 bits per heavy atom. The smallest absolute Gasteiger partial charge is 0.211 e. The molecule has 0 amide bonds. The second kappa shape index (κ2) is 8.38. The summed E-state index contributed by atoms with van der Waals surface area (Å²) in [5.41, 5.74) is 1.18. The first-order chi connectivity index (χ1) is 14.0. The highest BCUT2D eigenvalue weighted by Gasteiger charge is 2.38. The average molecular weight is 404 g/mol. The summed E-state index contributed by atoms with van der Waals surface area (Å²) in [4.78, 5) is 13.0. The molecule has 8 nitrogen and oxygen atoms in total. The zero-order valence-corrected chi connectivity index (χ0v) is 17.3. The van der Waals surface area contributed by atoms with Gasteiger partial charge in [0.15, 0.2) is 34.9 Å². The van der Waals surface area contributed by atoms with Crippen LogP contribution in [0.3, 0.4) is 0 Å². The van der Waals surface area contributed by atoms with Gasteiger partial charge in [0.25, 0.3) is 0 Å². The van der Waals surface area contributed by atoms with E-state index >= 15 is 0 Å². The van der Waals surface area contributed by atoms with Gasteiger partial charge in [0.2, 0.25) is 17.2 Å². The summed E-state index contributed by atoms with van der Waals surface area (Å²) in [6.45, 7) is 0. The molecule has 1 atom stereocenters. The number of ether oxygens (including phenoxy) is 7. The average Bonchev–Trinajstić information content (AvgIpc) is 2.76. The zero-order valence-electron chi connectivity index (χ0n) is 17.3. The molecule has 0 spiro atoms. The maximum atomic E-state index is 13.0. The highest BCUT2D eigenvalue weighted by molar-refractivity contribution is 5.91. The van der Waals surface area contributed by atoms with Gasteiger partial charge in [-0.1, -0.05) is 6.07 Å². The van der Waals surface area contributed by atoms with Gasteiger partial charge in [-0.05, 0) is 12.1 Å². The number of methoxy groups -OCH3 is 6. The molecule has 0 N–H and O–H groups in total. The molecule has 0 aromatic heterocycles. The van der Waals surface area contributed by atoms with E-state index in [4.69, 9.17) is 33.2 Å². The van der Waals surface area contributed by atoms with Crippen LogP contribution in [-0.4, -0.2) is 48.4 Å². The Kier molecular flexibility index (Phi) is 5.91. The third kappa shape index (κ3) is 3.35. The van der Waals surface area contributed by atoms with Crippen molar-refractivity contribution in [1.29, 1.82) is 0 Å². The van der Waals surface area contributed by atoms with Gasteiger partial charge in [-0.2, -0.15) is 0 Å². The molecule has 0 saturated heterocycles. The van der Waals surface area contributed by atoms with E-state index < -0.39 is 6.10 Å². The molecule has 8 heteroatoms. The van der Waals surface area contributed by atoms with Crippen LogP contribution in [0.4, 0.5) is 0 Å². The summed E-state index contributed by atoms with van der Waals surface area (Å²) >= 11 is 0. The molecule has 156 valence electrons. The first kappa shape index (κ1) is 20.4. The minimum atomic E-state index is -0.848. The maximum Gasteiger partial charge on any atom is 0.211 e. The van der Waals surface area contributed by atoms with Crippen molar-refractivity contribution in [2.75, 3.05) is 42.7 Å². The molecule has 0 radical (unpaired) electrons. The predicted octanol–water partition coefficient (Wildman–Crippen LogP) is 2.98. The Bertz CT molecular complexity index is 922. The topological polar surface area (TPSA) is 81.7 Å². The lowest BCUT2D eigenvalue weighted by molar-refractivity contribution is -0.126. The van der Waals surface area contributed by atoms with Gasteiger partial charge in [-0.3, -0.25) is 4.79 Å². The molecular weight excluding hydrogens is 380 g/mol. The summed E-state index contributed by atoms with van der Waals surface area (Å²) in [7, 11) is 9.05. The molecule has 0 saturated carbocycles. The first-order valence-corrected chi connectivity index (χ1v) is 8.84. The van der Waals surface area contributed by atoms with E-state index in [1.807, 2.05) is 0 Å². The summed E-state index contributed by atoms with van der Waals surface area (Å²) in [5, 5.41) is 0. The van der Waals surface area contributed by atoms with Gasteiger partial charge < -0.3 is 33.2 Å². The quantitative estimate of drug-likeness (QED) is 0.697. The van der Waals surface area contributed by atoms with Gasteiger partial charge >= 0.3 is 0 Å². The van der Waals surface area contributed by atoms with E-state index in [-0.39, 0.29) is 12.2 Å². The second-order valence-electron chi connectivity index (χ2n) is 6.20. The number of Topliss-reactive ketones (excluding diaryl/α,β-unsaturated/α-hetero) is 1. The van der Waals surface area contributed by atoms with Crippen LogP contribution < -0.4 is 33.2 Å². The summed E-state index contributed by atoms with van der Waals surface area (Å²) < 4.78 is 38.7. The van der Waals surface area contributed by atoms with Crippen LogP contribution in [-0.2, 0) is 11.2 Å². The number of rotatable bonds is 7. The molecule has 1 aliphatic heterocycles. The van der Waals surface area contributed by atoms with E-state index in [0.717, 1.165) is 0 Å². The van der Waals surface area contributed by atoms with Crippen molar-refractivity contribution in [3.63, 3.8) is 0 Å². The van der Waals surface area contributed by atoms with Crippen LogP contribution in [0.25, 0.3) is 0 Å². The fourth-order valence-electron chi connectivity index (χ4n) is 3.46. The molecule has 2 aromatic rings. The van der Waals surface area contributed by atoms with E-state index in [1.165, 1.54) is 35.5 Å². The summed E-state index contributed by atoms with van der Waals surface area (Å²) in [5.74, 6) is 2.67. The molecule has 1 aliphatic rings. The van der Waals surface area contributed by atoms with E-state index in [0.29, 0.717) is 51.4 Å². The minimum absolute atomic E-state index is 0.0776. The molecule has 3 rings (SSSR count). The lowest BCUT2D eigenvalue weighted by Gasteiger charge is -2.30. The van der Waals surface area contributed by atoms with Crippen LogP contribution in [0.5, 0.6) is 40.2 Å². The molecular formula is C21H24O8. The number of carbonyl (C=O) groups is 1. The lowest BCUT2D eigenvalue weighted by Crippen LogP contribution is -2.27. The Hall–Kier alpha value is -3.29. The Labute approximate surface area is 169 Å². The van der Waals surface area contributed by atoms with E-state index in [9.17, 15) is 4.79 Å². The predicted molar refractivity (Wildman–Crippen MR) is 104 cm³/mol. The molecule has 29 heavy (non-hydrogen) atoms. The first-order valence-electron chi connectivity index (χ1n) is 8.84. The van der Waals surface area contributed by atoms with Crippen molar-refractivity contribution in [2.24, 2.45) is 0 Å². The largest absolute Gasteiger partial charge is 0.493 e. The van der Waals surface area contributed by atoms with Crippen LogP contribution >= 0.6 is 0 Å². The fourth-order valence-corrected chi connectivity index (χ4v) is 3.46. The van der Waals surface area contributed by atoms with Gasteiger partial charge in [-0.15, -0.1) is 0 Å². The molecule has 0 fully saturated rings. The molecule has 0 bridgehead atoms. The Morgan fingerprint density at radius 1 is 0.759 bits per heavy atom. The van der Waals surface area contributed by atoms with E-state index in [2.05, 4.69) is 0 Å². The van der Waals surface area contributed by atoms with Crippen molar-refractivity contribution in [3.05, 3.63) is 29.3 Å². The van der Waals surface area contributed by atoms with Crippen molar-refractivity contribution in [2.45, 2.75) is 12.5 Å². The summed E-state index contributed by atoms with van der Waals surface area (Å²) in [6, 6.07) is 5.21. The highest BCUT2D eigenvalue weighted by Crippen LogP contribution is 2.56. The number of ketones is 1. The maximum absolute atomic E-state index is 13.0. The van der Waals surface area contributed by atoms with Crippen LogP contribution in [0.1, 0.15) is 17.2 Å². The minimum Gasteiger partial charge on any atom is -0.493 e. The molecule has 1 heterocycles. The molecule has 0 aliphatic carbocycles. The SMILES string of the molecule is COc1ccc(C2Oc3c(c(OC)c(OC)c(OC)c3OC)CC2=O)cc1OC. The van der Waals surface area contributed by atoms with Crippen molar-refractivity contribution < 1.29 is 38.0 Å². The Morgan fingerprint density at radius 2 is 1.34 bits per heavy atom. The highest BCUT2D eigenvalue weighted by atomic mass is 16.6. The van der Waals surface area contributed by atoms with Crippen molar-refractivity contribution >= 4 is 5.78 Å². The molecule has 2 aromatic carbocycles.